The largest absolute Gasteiger partial charge is 0.0651 e. The van der Waals surface area contributed by atoms with Gasteiger partial charge in [-0.1, -0.05) is 192 Å². The van der Waals surface area contributed by atoms with E-state index in [0.717, 1.165) is 0 Å². The molecule has 0 saturated carbocycles. The summed E-state index contributed by atoms with van der Waals surface area (Å²) < 4.78 is 0. The summed E-state index contributed by atoms with van der Waals surface area (Å²) in [5.74, 6) is 4.15. The summed E-state index contributed by atoms with van der Waals surface area (Å²) in [5.41, 5.74) is 18.9. The Morgan fingerprint density at radius 1 is 0.328 bits per heavy atom. The first-order chi connectivity index (χ1) is 31.5. The summed E-state index contributed by atoms with van der Waals surface area (Å²) in [6, 6.07) is 57.2. The molecule has 0 radical (unpaired) electrons. The minimum Gasteiger partial charge on any atom is -0.0651 e. The highest BCUT2D eigenvalue weighted by atomic mass is 14.3. The van der Waals surface area contributed by atoms with Crippen LogP contribution < -0.4 is 0 Å². The molecular formula is C64H76. The second-order valence-corrected chi connectivity index (χ2v) is 20.7. The fraction of sp³-hybridized carbons (Fsp3) is 0.438. The maximum atomic E-state index is 2.63. The molecule has 0 nitrogen and oxygen atoms in total. The van der Waals surface area contributed by atoms with Gasteiger partial charge in [0.15, 0.2) is 0 Å². The molecule has 64 heavy (non-hydrogen) atoms. The topological polar surface area (TPSA) is 0 Å². The summed E-state index contributed by atoms with van der Waals surface area (Å²) in [5, 5.41) is 0. The van der Waals surface area contributed by atoms with Gasteiger partial charge in [0.05, 0.1) is 0 Å². The molecule has 0 spiro atoms. The highest BCUT2D eigenvalue weighted by molar-refractivity contribution is 5.42. The van der Waals surface area contributed by atoms with Crippen LogP contribution in [0.4, 0.5) is 0 Å². The number of benzene rings is 6. The molecule has 6 aromatic carbocycles. The lowest BCUT2D eigenvalue weighted by Crippen LogP contribution is -2.17. The third-order valence-electron chi connectivity index (χ3n) is 16.7. The molecule has 0 saturated heterocycles. The first kappa shape index (κ1) is 44.5. The average Bonchev–Trinajstić information content (AvgIpc) is 3.30. The van der Waals surface area contributed by atoms with E-state index in [1.165, 1.54) is 132 Å². The molecule has 3 aliphatic rings. The summed E-state index contributed by atoms with van der Waals surface area (Å²) >= 11 is 0. The van der Waals surface area contributed by atoms with Crippen LogP contribution in [0.2, 0.25) is 0 Å². The normalized spacial score (nSPS) is 16.9. The van der Waals surface area contributed by atoms with Gasteiger partial charge in [0.2, 0.25) is 0 Å². The fourth-order valence-electron chi connectivity index (χ4n) is 12.2. The smallest absolute Gasteiger partial charge is 0.0150 e. The van der Waals surface area contributed by atoms with E-state index < -0.39 is 0 Å². The Morgan fingerprint density at radius 2 is 0.719 bits per heavy atom. The van der Waals surface area contributed by atoms with Crippen LogP contribution in [0.3, 0.4) is 0 Å². The molecule has 3 aliphatic carbocycles. The van der Waals surface area contributed by atoms with Gasteiger partial charge in [-0.05, 0) is 198 Å². The van der Waals surface area contributed by atoms with Gasteiger partial charge in [-0.15, -0.1) is 0 Å². The quantitative estimate of drug-likeness (QED) is 0.0533. The Bertz CT molecular complexity index is 2370. The Hall–Kier alpha value is -4.68. The molecule has 0 bridgehead atoms. The Labute approximate surface area is 388 Å². The molecule has 0 heterocycles. The van der Waals surface area contributed by atoms with Crippen molar-refractivity contribution in [2.75, 3.05) is 0 Å². The van der Waals surface area contributed by atoms with Gasteiger partial charge in [0.1, 0.15) is 0 Å². The Morgan fingerprint density at radius 3 is 1.17 bits per heavy atom. The molecule has 7 atom stereocenters. The first-order valence-corrected chi connectivity index (χ1v) is 26.0. The molecule has 0 amide bonds. The van der Waals surface area contributed by atoms with Crippen molar-refractivity contribution in [1.82, 2.24) is 0 Å². The number of hydrogen-bond acceptors (Lipinski definition) is 0. The molecule has 9 rings (SSSR count). The third-order valence-corrected chi connectivity index (χ3v) is 16.7. The lowest BCUT2D eigenvalue weighted by atomic mass is 9.73. The summed E-state index contributed by atoms with van der Waals surface area (Å²) in [7, 11) is 0. The first-order valence-electron chi connectivity index (χ1n) is 26.0. The van der Waals surface area contributed by atoms with Crippen molar-refractivity contribution in [2.24, 2.45) is 5.92 Å². The summed E-state index contributed by atoms with van der Waals surface area (Å²) in [6.07, 6.45) is 22.8. The van der Waals surface area contributed by atoms with Crippen LogP contribution >= 0.6 is 0 Å². The van der Waals surface area contributed by atoms with Gasteiger partial charge in [-0.25, -0.2) is 0 Å². The standard InChI is InChI=1S/C64H76/c1-4-47(40-64(62-37-31-54-30-36-61(54)44-62)45-63(51-22-14-8-15-23-51)38-46(3)55-32-26-52-28-34-59(52)42-55)39-56(49-18-10-6-11-19-49)24-16-9-17-25-57(50-20-12-7-13-21-50)41-48(5-2)58-33-27-53-29-35-60(53)43-58/h6-8,10-15,18-23,26-27,31-33,37,42-44,46-48,56-57,63-64H,4-5,9,16-17,24-25,28-30,34-36,38-41,45H2,1-3H3. The van der Waals surface area contributed by atoms with E-state index in [9.17, 15) is 0 Å². The zero-order chi connectivity index (χ0) is 43.7. The van der Waals surface area contributed by atoms with Crippen LogP contribution in [-0.4, -0.2) is 0 Å². The molecule has 7 unspecified atom stereocenters. The maximum absolute atomic E-state index is 2.63. The zero-order valence-corrected chi connectivity index (χ0v) is 39.6. The Kier molecular flexibility index (Phi) is 15.0. The molecular weight excluding hydrogens is 769 g/mol. The highest BCUT2D eigenvalue weighted by Crippen LogP contribution is 2.44. The van der Waals surface area contributed by atoms with Gasteiger partial charge in [-0.3, -0.25) is 0 Å². The van der Waals surface area contributed by atoms with E-state index in [1.54, 1.807) is 50.1 Å². The van der Waals surface area contributed by atoms with Gasteiger partial charge in [-0.2, -0.15) is 0 Å². The fourth-order valence-corrected chi connectivity index (χ4v) is 12.2. The lowest BCUT2D eigenvalue weighted by molar-refractivity contribution is 0.332. The second-order valence-electron chi connectivity index (χ2n) is 20.7. The monoisotopic (exact) mass is 845 g/mol. The zero-order valence-electron chi connectivity index (χ0n) is 39.6. The van der Waals surface area contributed by atoms with Crippen LogP contribution in [0.1, 0.15) is 200 Å². The molecule has 6 aromatic rings. The van der Waals surface area contributed by atoms with Crippen molar-refractivity contribution in [3.05, 3.63) is 212 Å². The van der Waals surface area contributed by atoms with E-state index in [0.29, 0.717) is 41.4 Å². The van der Waals surface area contributed by atoms with E-state index in [-0.39, 0.29) is 0 Å². The number of rotatable bonds is 24. The van der Waals surface area contributed by atoms with Crippen molar-refractivity contribution in [1.29, 1.82) is 0 Å². The number of unbranched alkanes of at least 4 members (excludes halogenated alkanes) is 2. The predicted octanol–water partition coefficient (Wildman–Crippen LogP) is 17.3. The maximum Gasteiger partial charge on any atom is -0.0150 e. The minimum absolute atomic E-state index is 0.525. The van der Waals surface area contributed by atoms with E-state index in [1.807, 2.05) is 0 Å². The van der Waals surface area contributed by atoms with Crippen molar-refractivity contribution in [2.45, 2.75) is 172 Å². The average molecular weight is 845 g/mol. The highest BCUT2D eigenvalue weighted by Gasteiger charge is 2.29. The summed E-state index contributed by atoms with van der Waals surface area (Å²) in [4.78, 5) is 0. The molecule has 0 fully saturated rings. The van der Waals surface area contributed by atoms with Crippen LogP contribution in [0.25, 0.3) is 0 Å². The van der Waals surface area contributed by atoms with Crippen LogP contribution in [-0.2, 0) is 38.5 Å². The molecule has 0 aliphatic heterocycles. The van der Waals surface area contributed by atoms with Crippen molar-refractivity contribution >= 4 is 0 Å². The predicted molar refractivity (Wildman–Crippen MR) is 273 cm³/mol. The van der Waals surface area contributed by atoms with Gasteiger partial charge < -0.3 is 0 Å². The Balaban J connectivity index is 0.883. The van der Waals surface area contributed by atoms with Crippen LogP contribution in [0.15, 0.2) is 146 Å². The number of hydrogen-bond donors (Lipinski definition) is 0. The minimum atomic E-state index is 0.525. The van der Waals surface area contributed by atoms with Crippen LogP contribution in [0, 0.1) is 5.92 Å². The summed E-state index contributed by atoms with van der Waals surface area (Å²) in [6.45, 7) is 7.38. The van der Waals surface area contributed by atoms with Crippen molar-refractivity contribution in [3.8, 4) is 0 Å². The molecule has 332 valence electrons. The van der Waals surface area contributed by atoms with Crippen molar-refractivity contribution < 1.29 is 0 Å². The molecule has 0 aromatic heterocycles. The van der Waals surface area contributed by atoms with Gasteiger partial charge in [0, 0.05) is 0 Å². The van der Waals surface area contributed by atoms with Crippen LogP contribution in [0.5, 0.6) is 0 Å². The lowest BCUT2D eigenvalue weighted by Gasteiger charge is -2.32. The van der Waals surface area contributed by atoms with E-state index in [2.05, 4.69) is 166 Å². The number of fused-ring (bicyclic) bond motifs is 3. The van der Waals surface area contributed by atoms with E-state index >= 15 is 0 Å². The number of aryl methyl sites for hydroxylation is 6. The molecule has 0 N–H and O–H groups in total. The van der Waals surface area contributed by atoms with Gasteiger partial charge >= 0.3 is 0 Å². The van der Waals surface area contributed by atoms with E-state index in [4.69, 9.17) is 0 Å². The van der Waals surface area contributed by atoms with Crippen molar-refractivity contribution in [3.63, 3.8) is 0 Å². The van der Waals surface area contributed by atoms with Gasteiger partial charge in [0.25, 0.3) is 0 Å². The molecule has 0 heteroatoms. The third kappa shape index (κ3) is 10.9. The second kappa shape index (κ2) is 21.5. The SMILES string of the molecule is CCC(CC(CCCCCC(CC(CC)c1ccc2c(c1)CC2)c1ccccc1)c1ccccc1)CC(CC(CC(C)c1ccc2c(c1)CC2)c1ccccc1)c1ccc2c(c1)CC2.